The Labute approximate surface area is 150 Å². The van der Waals surface area contributed by atoms with Gasteiger partial charge < -0.3 is 10.6 Å². The van der Waals surface area contributed by atoms with Gasteiger partial charge in [-0.05, 0) is 51.0 Å². The lowest BCUT2D eigenvalue weighted by atomic mass is 10.1. The SMILES string of the molecule is CCCCCC[C@@H](C)Nc1ccc(N[C@@H](C)CCCCCC)cc1. The van der Waals surface area contributed by atoms with Gasteiger partial charge >= 0.3 is 0 Å². The molecule has 0 aliphatic heterocycles. The molecule has 0 saturated carbocycles. The number of nitrogens with one attached hydrogen (secondary N) is 2. The molecule has 0 fully saturated rings. The Kier molecular flexibility index (Phi) is 11.4. The smallest absolute Gasteiger partial charge is 0.0343 e. The predicted molar refractivity (Wildman–Crippen MR) is 110 cm³/mol. The van der Waals surface area contributed by atoms with Gasteiger partial charge in [0.1, 0.15) is 0 Å². The summed E-state index contributed by atoms with van der Waals surface area (Å²) in [6, 6.07) is 9.92. The molecule has 0 aliphatic rings. The Hall–Kier alpha value is -1.18. The van der Waals surface area contributed by atoms with Gasteiger partial charge in [-0.1, -0.05) is 65.2 Å². The molecule has 1 rings (SSSR count). The van der Waals surface area contributed by atoms with Gasteiger partial charge in [0.05, 0.1) is 0 Å². The summed E-state index contributed by atoms with van der Waals surface area (Å²) in [5.74, 6) is 0. The summed E-state index contributed by atoms with van der Waals surface area (Å²) in [4.78, 5) is 0. The van der Waals surface area contributed by atoms with Crippen LogP contribution in [0.3, 0.4) is 0 Å². The number of unbranched alkanes of at least 4 members (excludes halogenated alkanes) is 6. The highest BCUT2D eigenvalue weighted by molar-refractivity contribution is 5.54. The van der Waals surface area contributed by atoms with Crippen LogP contribution in [-0.2, 0) is 0 Å². The van der Waals surface area contributed by atoms with E-state index in [0.717, 1.165) is 0 Å². The van der Waals surface area contributed by atoms with Crippen molar-refractivity contribution in [3.8, 4) is 0 Å². The summed E-state index contributed by atoms with van der Waals surface area (Å²) in [5.41, 5.74) is 2.47. The van der Waals surface area contributed by atoms with Crippen molar-refractivity contribution in [2.45, 2.75) is 104 Å². The highest BCUT2D eigenvalue weighted by Gasteiger charge is 2.04. The Morgan fingerprint density at radius 1 is 0.625 bits per heavy atom. The third-order valence-corrected chi connectivity index (χ3v) is 4.69. The van der Waals surface area contributed by atoms with E-state index in [1.54, 1.807) is 0 Å². The summed E-state index contributed by atoms with van der Waals surface area (Å²) < 4.78 is 0. The first-order chi connectivity index (χ1) is 11.7. The molecule has 1 aromatic rings. The first-order valence-corrected chi connectivity index (χ1v) is 10.3. The van der Waals surface area contributed by atoms with E-state index in [1.807, 2.05) is 0 Å². The molecule has 0 amide bonds. The molecule has 0 aliphatic carbocycles. The van der Waals surface area contributed by atoms with Crippen LogP contribution in [0.15, 0.2) is 24.3 Å². The lowest BCUT2D eigenvalue weighted by Crippen LogP contribution is -2.16. The Balaban J connectivity index is 2.26. The number of rotatable bonds is 14. The first-order valence-electron chi connectivity index (χ1n) is 10.3. The van der Waals surface area contributed by atoms with Gasteiger partial charge in [-0.25, -0.2) is 0 Å². The molecule has 0 heterocycles. The summed E-state index contributed by atoms with van der Waals surface area (Å²) in [6.07, 6.45) is 13.3. The highest BCUT2D eigenvalue weighted by atomic mass is 14.9. The topological polar surface area (TPSA) is 24.1 Å². The molecule has 2 heteroatoms. The van der Waals surface area contributed by atoms with E-state index in [4.69, 9.17) is 0 Å². The average molecular weight is 333 g/mol. The van der Waals surface area contributed by atoms with Crippen LogP contribution in [0.2, 0.25) is 0 Å². The molecule has 0 bridgehead atoms. The third kappa shape index (κ3) is 9.85. The van der Waals surface area contributed by atoms with Gasteiger partial charge in [0.15, 0.2) is 0 Å². The molecular weight excluding hydrogens is 292 g/mol. The average Bonchev–Trinajstić information content (AvgIpc) is 2.57. The summed E-state index contributed by atoms with van der Waals surface area (Å²) in [5, 5.41) is 7.24. The van der Waals surface area contributed by atoms with Gasteiger partial charge in [0, 0.05) is 23.5 Å². The van der Waals surface area contributed by atoms with E-state index in [1.165, 1.54) is 75.6 Å². The molecule has 0 aromatic heterocycles. The maximum Gasteiger partial charge on any atom is 0.0343 e. The van der Waals surface area contributed by atoms with Crippen LogP contribution in [0, 0.1) is 0 Å². The molecule has 0 radical (unpaired) electrons. The second kappa shape index (κ2) is 13.1. The van der Waals surface area contributed by atoms with Gasteiger partial charge in [-0.3, -0.25) is 0 Å². The van der Waals surface area contributed by atoms with E-state index in [0.29, 0.717) is 12.1 Å². The minimum Gasteiger partial charge on any atom is -0.383 e. The fourth-order valence-corrected chi connectivity index (χ4v) is 3.13. The zero-order valence-corrected chi connectivity index (χ0v) is 16.5. The zero-order chi connectivity index (χ0) is 17.6. The van der Waals surface area contributed by atoms with Gasteiger partial charge in [-0.2, -0.15) is 0 Å². The largest absolute Gasteiger partial charge is 0.383 e. The van der Waals surface area contributed by atoms with Crippen LogP contribution in [-0.4, -0.2) is 12.1 Å². The standard InChI is InChI=1S/C22H40N2/c1-5-7-9-11-13-19(3)23-21-15-17-22(18-16-21)24-20(4)14-12-10-8-6-2/h15-20,23-24H,5-14H2,1-4H3/t19-,20+. The van der Waals surface area contributed by atoms with Crippen molar-refractivity contribution >= 4 is 11.4 Å². The number of benzene rings is 1. The zero-order valence-electron chi connectivity index (χ0n) is 16.5. The van der Waals surface area contributed by atoms with Crippen molar-refractivity contribution in [2.24, 2.45) is 0 Å². The molecule has 2 nitrogen and oxygen atoms in total. The summed E-state index contributed by atoms with van der Waals surface area (Å²) in [7, 11) is 0. The van der Waals surface area contributed by atoms with Gasteiger partial charge in [0.2, 0.25) is 0 Å². The van der Waals surface area contributed by atoms with E-state index in [2.05, 4.69) is 62.6 Å². The van der Waals surface area contributed by atoms with Gasteiger partial charge in [-0.15, -0.1) is 0 Å². The second-order valence-electron chi connectivity index (χ2n) is 7.37. The molecule has 0 spiro atoms. The van der Waals surface area contributed by atoms with Crippen molar-refractivity contribution in [3.63, 3.8) is 0 Å². The Morgan fingerprint density at radius 2 is 1.00 bits per heavy atom. The van der Waals surface area contributed by atoms with Crippen LogP contribution in [0.5, 0.6) is 0 Å². The molecule has 0 unspecified atom stereocenters. The van der Waals surface area contributed by atoms with E-state index in [9.17, 15) is 0 Å². The van der Waals surface area contributed by atoms with Crippen molar-refractivity contribution < 1.29 is 0 Å². The predicted octanol–water partition coefficient (Wildman–Crippen LogP) is 7.23. The summed E-state index contributed by atoms with van der Waals surface area (Å²) in [6.45, 7) is 9.11. The minimum absolute atomic E-state index is 0.554. The van der Waals surface area contributed by atoms with Crippen LogP contribution in [0.1, 0.15) is 91.9 Å². The molecule has 138 valence electrons. The van der Waals surface area contributed by atoms with Crippen molar-refractivity contribution in [3.05, 3.63) is 24.3 Å². The fourth-order valence-electron chi connectivity index (χ4n) is 3.13. The van der Waals surface area contributed by atoms with Crippen molar-refractivity contribution in [2.75, 3.05) is 10.6 Å². The van der Waals surface area contributed by atoms with Crippen LogP contribution in [0.4, 0.5) is 11.4 Å². The minimum atomic E-state index is 0.554. The molecule has 24 heavy (non-hydrogen) atoms. The maximum atomic E-state index is 3.62. The van der Waals surface area contributed by atoms with Crippen LogP contribution in [0.25, 0.3) is 0 Å². The Morgan fingerprint density at radius 3 is 1.33 bits per heavy atom. The Bertz CT molecular complexity index is 360. The molecule has 1 aromatic carbocycles. The van der Waals surface area contributed by atoms with Crippen molar-refractivity contribution in [1.82, 2.24) is 0 Å². The number of hydrogen-bond donors (Lipinski definition) is 2. The summed E-state index contributed by atoms with van der Waals surface area (Å²) >= 11 is 0. The third-order valence-electron chi connectivity index (χ3n) is 4.69. The van der Waals surface area contributed by atoms with E-state index < -0.39 is 0 Å². The van der Waals surface area contributed by atoms with Crippen LogP contribution >= 0.6 is 0 Å². The molecular formula is C22H40N2. The van der Waals surface area contributed by atoms with Crippen molar-refractivity contribution in [1.29, 1.82) is 0 Å². The van der Waals surface area contributed by atoms with E-state index in [-0.39, 0.29) is 0 Å². The second-order valence-corrected chi connectivity index (χ2v) is 7.37. The fraction of sp³-hybridized carbons (Fsp3) is 0.727. The number of anilines is 2. The first kappa shape index (κ1) is 20.9. The number of hydrogen-bond acceptors (Lipinski definition) is 2. The van der Waals surface area contributed by atoms with Crippen LogP contribution < -0.4 is 10.6 Å². The van der Waals surface area contributed by atoms with E-state index >= 15 is 0 Å². The molecule has 0 saturated heterocycles. The molecule has 2 atom stereocenters. The van der Waals surface area contributed by atoms with Gasteiger partial charge in [0.25, 0.3) is 0 Å². The maximum absolute atomic E-state index is 3.62. The lowest BCUT2D eigenvalue weighted by molar-refractivity contribution is 0.593. The monoisotopic (exact) mass is 332 g/mol. The molecule has 2 N–H and O–H groups in total. The quantitative estimate of drug-likeness (QED) is 0.351. The normalized spacial score (nSPS) is 13.5. The highest BCUT2D eigenvalue weighted by Crippen LogP contribution is 2.18. The lowest BCUT2D eigenvalue weighted by Gasteiger charge is -2.17.